The number of thiazole rings is 1. The maximum atomic E-state index is 11.9. The monoisotopic (exact) mass is 277 g/mol. The van der Waals surface area contributed by atoms with Crippen LogP contribution in [0.3, 0.4) is 0 Å². The van der Waals surface area contributed by atoms with Gasteiger partial charge in [0.05, 0.1) is 6.20 Å². The number of aryl methyl sites for hydroxylation is 1. The molecule has 0 unspecified atom stereocenters. The van der Waals surface area contributed by atoms with Gasteiger partial charge in [-0.3, -0.25) is 0 Å². The average molecular weight is 277 g/mol. The molecule has 0 amide bonds. The Labute approximate surface area is 115 Å². The third kappa shape index (κ3) is 3.57. The van der Waals surface area contributed by atoms with E-state index in [4.69, 9.17) is 4.74 Å². The van der Waals surface area contributed by atoms with E-state index in [1.165, 1.54) is 17.5 Å². The SMILES string of the molecule is Cc1ccnc(-c2ncc(C(=O)OC(C)(C)C)s2)n1. The summed E-state index contributed by atoms with van der Waals surface area (Å²) >= 11 is 1.23. The number of carbonyl (C=O) groups is 1. The van der Waals surface area contributed by atoms with Crippen LogP contribution < -0.4 is 0 Å². The number of rotatable bonds is 2. The normalized spacial score (nSPS) is 11.4. The van der Waals surface area contributed by atoms with E-state index in [0.29, 0.717) is 15.7 Å². The van der Waals surface area contributed by atoms with Crippen molar-refractivity contribution in [1.82, 2.24) is 15.0 Å². The predicted octanol–water partition coefficient (Wildman–Crippen LogP) is 2.86. The second-order valence-electron chi connectivity index (χ2n) is 5.05. The fourth-order valence-corrected chi connectivity index (χ4v) is 2.09. The van der Waals surface area contributed by atoms with Gasteiger partial charge in [0.2, 0.25) is 0 Å². The van der Waals surface area contributed by atoms with Crippen molar-refractivity contribution in [1.29, 1.82) is 0 Å². The van der Waals surface area contributed by atoms with Crippen LogP contribution in [0.1, 0.15) is 36.1 Å². The number of esters is 1. The Balaban J connectivity index is 2.22. The van der Waals surface area contributed by atoms with Gasteiger partial charge >= 0.3 is 5.97 Å². The molecule has 6 heteroatoms. The number of nitrogens with zero attached hydrogens (tertiary/aromatic N) is 3. The minimum atomic E-state index is -0.513. The van der Waals surface area contributed by atoms with Gasteiger partial charge in [-0.1, -0.05) is 0 Å². The second-order valence-corrected chi connectivity index (χ2v) is 6.08. The Hall–Kier alpha value is -1.82. The van der Waals surface area contributed by atoms with E-state index in [0.717, 1.165) is 5.69 Å². The van der Waals surface area contributed by atoms with Crippen molar-refractivity contribution in [3.05, 3.63) is 29.0 Å². The van der Waals surface area contributed by atoms with Gasteiger partial charge in [0.15, 0.2) is 10.8 Å². The molecule has 2 aromatic rings. The number of ether oxygens (including phenoxy) is 1. The summed E-state index contributed by atoms with van der Waals surface area (Å²) in [5.74, 6) is 0.156. The molecular weight excluding hydrogens is 262 g/mol. The summed E-state index contributed by atoms with van der Waals surface area (Å²) in [6.07, 6.45) is 3.17. The lowest BCUT2D eigenvalue weighted by Gasteiger charge is -2.18. The topological polar surface area (TPSA) is 65.0 Å². The van der Waals surface area contributed by atoms with Gasteiger partial charge in [-0.15, -0.1) is 11.3 Å². The predicted molar refractivity (Wildman–Crippen MR) is 73.0 cm³/mol. The molecule has 0 spiro atoms. The van der Waals surface area contributed by atoms with Crippen LogP contribution in [-0.2, 0) is 4.74 Å². The molecule has 0 saturated carbocycles. The molecule has 0 aliphatic heterocycles. The molecule has 0 N–H and O–H groups in total. The van der Waals surface area contributed by atoms with Gasteiger partial charge in [-0.05, 0) is 33.8 Å². The number of hydrogen-bond donors (Lipinski definition) is 0. The van der Waals surface area contributed by atoms with Crippen LogP contribution in [0.4, 0.5) is 0 Å². The summed E-state index contributed by atoms with van der Waals surface area (Å²) in [6, 6.07) is 1.81. The Morgan fingerprint density at radius 1 is 1.32 bits per heavy atom. The van der Waals surface area contributed by atoms with Crippen LogP contribution >= 0.6 is 11.3 Å². The highest BCUT2D eigenvalue weighted by molar-refractivity contribution is 7.16. The van der Waals surface area contributed by atoms with Gasteiger partial charge in [-0.25, -0.2) is 19.7 Å². The lowest BCUT2D eigenvalue weighted by atomic mass is 10.2. The summed E-state index contributed by atoms with van der Waals surface area (Å²) in [5, 5.41) is 0.615. The Bertz CT molecular complexity index is 602. The molecule has 19 heavy (non-hydrogen) atoms. The zero-order valence-electron chi connectivity index (χ0n) is 11.3. The highest BCUT2D eigenvalue weighted by Gasteiger charge is 2.20. The van der Waals surface area contributed by atoms with Gasteiger partial charge < -0.3 is 4.74 Å². The van der Waals surface area contributed by atoms with E-state index in [1.54, 1.807) is 6.20 Å². The maximum Gasteiger partial charge on any atom is 0.350 e. The first-order valence-electron chi connectivity index (χ1n) is 5.84. The Kier molecular flexibility index (Phi) is 3.61. The molecule has 2 aromatic heterocycles. The molecule has 0 bridgehead atoms. The standard InChI is InChI=1S/C13H15N3O2S/c1-8-5-6-14-10(16-8)11-15-7-9(19-11)12(17)18-13(2,3)4/h5-7H,1-4H3. The van der Waals surface area contributed by atoms with Gasteiger partial charge in [-0.2, -0.15) is 0 Å². The molecule has 0 radical (unpaired) electrons. The molecule has 100 valence electrons. The highest BCUT2D eigenvalue weighted by atomic mass is 32.1. The van der Waals surface area contributed by atoms with E-state index >= 15 is 0 Å². The van der Waals surface area contributed by atoms with E-state index < -0.39 is 5.60 Å². The third-order valence-electron chi connectivity index (χ3n) is 2.09. The summed E-state index contributed by atoms with van der Waals surface area (Å²) < 4.78 is 5.29. The molecule has 2 rings (SSSR count). The van der Waals surface area contributed by atoms with Crippen molar-refractivity contribution in [2.24, 2.45) is 0 Å². The lowest BCUT2D eigenvalue weighted by Crippen LogP contribution is -2.23. The zero-order valence-corrected chi connectivity index (χ0v) is 12.1. The molecule has 0 atom stereocenters. The summed E-state index contributed by atoms with van der Waals surface area (Å²) in [7, 11) is 0. The average Bonchev–Trinajstić information content (AvgIpc) is 2.75. The largest absolute Gasteiger partial charge is 0.456 e. The number of aromatic nitrogens is 3. The summed E-state index contributed by atoms with van der Waals surface area (Å²) in [5.41, 5.74) is 0.347. The molecule has 0 fully saturated rings. The Morgan fingerprint density at radius 2 is 2.05 bits per heavy atom. The molecule has 0 aromatic carbocycles. The van der Waals surface area contributed by atoms with Crippen LogP contribution in [0.25, 0.3) is 10.8 Å². The molecule has 0 aliphatic rings. The van der Waals surface area contributed by atoms with Crippen molar-refractivity contribution in [3.63, 3.8) is 0 Å². The first kappa shape index (κ1) is 13.6. The van der Waals surface area contributed by atoms with Crippen molar-refractivity contribution in [3.8, 4) is 10.8 Å². The smallest absolute Gasteiger partial charge is 0.350 e. The van der Waals surface area contributed by atoms with Crippen LogP contribution in [0.5, 0.6) is 0 Å². The molecular formula is C13H15N3O2S. The van der Waals surface area contributed by atoms with E-state index in [9.17, 15) is 4.79 Å². The van der Waals surface area contributed by atoms with E-state index in [-0.39, 0.29) is 5.97 Å². The van der Waals surface area contributed by atoms with E-state index in [2.05, 4.69) is 15.0 Å². The first-order chi connectivity index (χ1) is 8.85. The van der Waals surface area contributed by atoms with Gasteiger partial charge in [0.1, 0.15) is 10.5 Å². The maximum absolute atomic E-state index is 11.9. The van der Waals surface area contributed by atoms with Crippen molar-refractivity contribution < 1.29 is 9.53 Å². The van der Waals surface area contributed by atoms with Crippen LogP contribution in [0.2, 0.25) is 0 Å². The minimum Gasteiger partial charge on any atom is -0.456 e. The minimum absolute atomic E-state index is 0.371. The van der Waals surface area contributed by atoms with Gasteiger partial charge in [0, 0.05) is 11.9 Å². The Morgan fingerprint density at radius 3 is 2.68 bits per heavy atom. The number of carbonyl (C=O) groups excluding carboxylic acids is 1. The van der Waals surface area contributed by atoms with Crippen LogP contribution in [0.15, 0.2) is 18.5 Å². The zero-order chi connectivity index (χ0) is 14.0. The molecule has 0 saturated heterocycles. The highest BCUT2D eigenvalue weighted by Crippen LogP contribution is 2.23. The summed E-state index contributed by atoms with van der Waals surface area (Å²) in [6.45, 7) is 7.37. The molecule has 2 heterocycles. The van der Waals surface area contributed by atoms with E-state index in [1.807, 2.05) is 33.8 Å². The van der Waals surface area contributed by atoms with Crippen molar-refractivity contribution >= 4 is 17.3 Å². The fraction of sp³-hybridized carbons (Fsp3) is 0.385. The second kappa shape index (κ2) is 5.05. The van der Waals surface area contributed by atoms with Crippen molar-refractivity contribution in [2.75, 3.05) is 0 Å². The first-order valence-corrected chi connectivity index (χ1v) is 6.66. The quantitative estimate of drug-likeness (QED) is 0.790. The van der Waals surface area contributed by atoms with Crippen LogP contribution in [0, 0.1) is 6.92 Å². The number of hydrogen-bond acceptors (Lipinski definition) is 6. The fourth-order valence-electron chi connectivity index (χ4n) is 1.35. The van der Waals surface area contributed by atoms with Crippen molar-refractivity contribution in [2.45, 2.75) is 33.3 Å². The molecule has 5 nitrogen and oxygen atoms in total. The molecule has 0 aliphatic carbocycles. The summed E-state index contributed by atoms with van der Waals surface area (Å²) in [4.78, 5) is 24.9. The van der Waals surface area contributed by atoms with Gasteiger partial charge in [0.25, 0.3) is 0 Å². The van der Waals surface area contributed by atoms with Crippen LogP contribution in [-0.4, -0.2) is 26.5 Å². The lowest BCUT2D eigenvalue weighted by molar-refractivity contribution is 0.00750. The third-order valence-corrected chi connectivity index (χ3v) is 3.07.